The Hall–Kier alpha value is -0.420. The lowest BCUT2D eigenvalue weighted by Crippen LogP contribution is -2.42. The van der Waals surface area contributed by atoms with Crippen LogP contribution in [-0.4, -0.2) is 10.9 Å². The summed E-state index contributed by atoms with van der Waals surface area (Å²) in [5.74, 6) is 2.44. The van der Waals surface area contributed by atoms with E-state index in [2.05, 4.69) is 41.6 Å². The molecule has 4 atom stereocenters. The summed E-state index contributed by atoms with van der Waals surface area (Å²) in [4.78, 5) is 12.4. The van der Waals surface area contributed by atoms with E-state index in [1.165, 1.54) is 21.1 Å². The number of carbonyl (C=O) groups is 1. The number of hydrogen-bond donors (Lipinski definition) is 1. The Morgan fingerprint density at radius 3 is 2.86 bits per heavy atom. The zero-order valence-corrected chi connectivity index (χ0v) is 15.2. The van der Waals surface area contributed by atoms with Crippen LogP contribution >= 0.6 is 22.6 Å². The number of aliphatic hydroxyl groups is 1. The Balaban J connectivity index is 1.73. The number of hydrogen-bond acceptors (Lipinski definition) is 2. The predicted molar refractivity (Wildman–Crippen MR) is 94.7 cm³/mol. The van der Waals surface area contributed by atoms with Crippen molar-refractivity contribution in [3.8, 4) is 0 Å². The van der Waals surface area contributed by atoms with Gasteiger partial charge in [-0.1, -0.05) is 13.0 Å². The molecule has 22 heavy (non-hydrogen) atoms. The number of benzene rings is 1. The maximum atomic E-state index is 12.4. The number of carbonyl (C=O) groups excluding carboxylic acids is 1. The number of aryl methyl sites for hydroxylation is 1. The van der Waals surface area contributed by atoms with Crippen LogP contribution in [0.5, 0.6) is 0 Å². The van der Waals surface area contributed by atoms with E-state index in [9.17, 15) is 9.90 Å². The van der Waals surface area contributed by atoms with Crippen molar-refractivity contribution in [2.75, 3.05) is 0 Å². The van der Waals surface area contributed by atoms with Gasteiger partial charge in [0, 0.05) is 15.4 Å². The van der Waals surface area contributed by atoms with Crippen LogP contribution in [0, 0.1) is 20.8 Å². The van der Waals surface area contributed by atoms with Crippen LogP contribution in [0.15, 0.2) is 12.1 Å². The Kier molecular flexibility index (Phi) is 3.65. The average Bonchev–Trinajstić information content (AvgIpc) is 2.82. The monoisotopic (exact) mass is 410 g/mol. The van der Waals surface area contributed by atoms with Crippen LogP contribution in [0.1, 0.15) is 61.6 Å². The van der Waals surface area contributed by atoms with Crippen LogP contribution in [0.4, 0.5) is 0 Å². The van der Waals surface area contributed by atoms with Gasteiger partial charge in [0.15, 0.2) is 0 Å². The van der Waals surface area contributed by atoms with Gasteiger partial charge < -0.3 is 5.11 Å². The molecular weight excluding hydrogens is 387 g/mol. The topological polar surface area (TPSA) is 37.3 Å². The molecule has 1 aromatic carbocycles. The second-order valence-corrected chi connectivity index (χ2v) is 8.80. The molecule has 0 unspecified atom stereocenters. The minimum absolute atomic E-state index is 0.0309. The molecule has 0 amide bonds. The molecule has 118 valence electrons. The van der Waals surface area contributed by atoms with Gasteiger partial charge in [0.2, 0.25) is 0 Å². The van der Waals surface area contributed by atoms with E-state index in [1.54, 1.807) is 0 Å². The van der Waals surface area contributed by atoms with Crippen LogP contribution < -0.4 is 0 Å². The maximum absolute atomic E-state index is 12.4. The van der Waals surface area contributed by atoms with E-state index in [-0.39, 0.29) is 12.0 Å². The molecule has 3 aliphatic rings. The van der Waals surface area contributed by atoms with Crippen molar-refractivity contribution >= 4 is 28.4 Å². The van der Waals surface area contributed by atoms with E-state index in [4.69, 9.17) is 0 Å². The highest BCUT2D eigenvalue weighted by Gasteiger charge is 2.54. The van der Waals surface area contributed by atoms with Crippen LogP contribution in [0.2, 0.25) is 0 Å². The Morgan fingerprint density at radius 2 is 2.09 bits per heavy atom. The lowest BCUT2D eigenvalue weighted by molar-refractivity contribution is -0.129. The van der Waals surface area contributed by atoms with E-state index in [0.717, 1.165) is 37.7 Å². The molecule has 2 saturated carbocycles. The number of Topliss-reactive ketones (excluding diaryl/α,β-unsaturated/α-hetero) is 1. The van der Waals surface area contributed by atoms with Gasteiger partial charge in [-0.15, -0.1) is 0 Å². The summed E-state index contributed by atoms with van der Waals surface area (Å²) in [5.41, 5.74) is 3.99. The third kappa shape index (κ3) is 2.04. The highest BCUT2D eigenvalue weighted by atomic mass is 127. The molecule has 3 heteroatoms. The van der Waals surface area contributed by atoms with E-state index >= 15 is 0 Å². The molecule has 0 aromatic heterocycles. The third-order valence-corrected chi connectivity index (χ3v) is 7.78. The van der Waals surface area contributed by atoms with Gasteiger partial charge in [-0.3, -0.25) is 4.79 Å². The summed E-state index contributed by atoms with van der Waals surface area (Å²) >= 11 is 2.35. The molecule has 0 aliphatic heterocycles. The predicted octanol–water partition coefficient (Wildman–Crippen LogP) is 4.21. The lowest BCUT2D eigenvalue weighted by Gasteiger charge is -2.48. The molecule has 4 rings (SSSR count). The number of rotatable bonds is 1. The quantitative estimate of drug-likeness (QED) is 0.705. The summed E-state index contributed by atoms with van der Waals surface area (Å²) in [6.45, 7) is 2.37. The fourth-order valence-electron chi connectivity index (χ4n) is 5.54. The van der Waals surface area contributed by atoms with Crippen LogP contribution in [0.25, 0.3) is 0 Å². The molecule has 2 fully saturated rings. The van der Waals surface area contributed by atoms with Crippen molar-refractivity contribution in [1.82, 2.24) is 0 Å². The van der Waals surface area contributed by atoms with Gasteiger partial charge in [0.05, 0.1) is 6.61 Å². The van der Waals surface area contributed by atoms with Gasteiger partial charge in [0.1, 0.15) is 5.78 Å². The second-order valence-electron chi connectivity index (χ2n) is 7.63. The molecule has 1 N–H and O–H groups in total. The first-order valence-electron chi connectivity index (χ1n) is 8.50. The van der Waals surface area contributed by atoms with E-state index in [0.29, 0.717) is 23.5 Å². The molecule has 0 bridgehead atoms. The summed E-state index contributed by atoms with van der Waals surface area (Å²) in [7, 11) is 0. The van der Waals surface area contributed by atoms with Crippen molar-refractivity contribution in [2.45, 2.75) is 58.0 Å². The Labute approximate surface area is 145 Å². The maximum Gasteiger partial charge on any atom is 0.139 e. The van der Waals surface area contributed by atoms with Gasteiger partial charge in [-0.25, -0.2) is 0 Å². The molecule has 1 aromatic rings. The molecule has 0 heterocycles. The molecule has 0 saturated heterocycles. The van der Waals surface area contributed by atoms with Crippen molar-refractivity contribution in [1.29, 1.82) is 0 Å². The molecule has 0 radical (unpaired) electrons. The summed E-state index contributed by atoms with van der Waals surface area (Å²) in [5, 5.41) is 9.50. The number of ketones is 1. The first-order chi connectivity index (χ1) is 10.5. The lowest BCUT2D eigenvalue weighted by atomic mass is 9.55. The molecular formula is C19H23IO2. The fraction of sp³-hybridized carbons (Fsp3) is 0.632. The highest BCUT2D eigenvalue weighted by molar-refractivity contribution is 14.1. The minimum Gasteiger partial charge on any atom is -0.392 e. The third-order valence-electron chi connectivity index (χ3n) is 6.77. The first-order valence-corrected chi connectivity index (χ1v) is 9.58. The molecule has 0 spiro atoms. The highest BCUT2D eigenvalue weighted by Crippen LogP contribution is 2.59. The zero-order chi connectivity index (χ0) is 15.5. The van der Waals surface area contributed by atoms with Crippen molar-refractivity contribution in [3.63, 3.8) is 0 Å². The van der Waals surface area contributed by atoms with Gasteiger partial charge >= 0.3 is 0 Å². The fourth-order valence-corrected chi connectivity index (χ4v) is 6.20. The average molecular weight is 410 g/mol. The summed E-state index contributed by atoms with van der Waals surface area (Å²) < 4.78 is 1.19. The van der Waals surface area contributed by atoms with Crippen molar-refractivity contribution < 1.29 is 9.90 Å². The zero-order valence-electron chi connectivity index (χ0n) is 13.1. The SMILES string of the molecule is C[C@]12CC[C@@H]3c4cc(I)c(CO)cc4CC[C@H]3[C@@H]1CCC2=O. The van der Waals surface area contributed by atoms with E-state index in [1.807, 2.05) is 0 Å². The largest absolute Gasteiger partial charge is 0.392 e. The molecule has 2 nitrogen and oxygen atoms in total. The first kappa shape index (κ1) is 15.1. The number of fused-ring (bicyclic) bond motifs is 5. The Morgan fingerprint density at radius 1 is 1.27 bits per heavy atom. The summed E-state index contributed by atoms with van der Waals surface area (Å²) in [6, 6.07) is 4.54. The Bertz CT molecular complexity index is 639. The van der Waals surface area contributed by atoms with Crippen molar-refractivity contribution in [2.24, 2.45) is 17.3 Å². The van der Waals surface area contributed by atoms with E-state index < -0.39 is 0 Å². The standard InChI is InChI=1S/C19H23IO2/c1-19-7-6-13-14(16(19)4-5-18(19)22)3-2-11-8-12(10-21)17(20)9-15(11)13/h8-9,13-14,16,21H,2-7,10H2,1H3/t13-,14+,16-,19-/m0/s1. The molecule has 3 aliphatic carbocycles. The van der Waals surface area contributed by atoms with Crippen molar-refractivity contribution in [3.05, 3.63) is 32.4 Å². The number of halogens is 1. The smallest absolute Gasteiger partial charge is 0.139 e. The van der Waals surface area contributed by atoms with Crippen LogP contribution in [-0.2, 0) is 17.8 Å². The van der Waals surface area contributed by atoms with Gasteiger partial charge in [0.25, 0.3) is 0 Å². The number of aliphatic hydroxyl groups excluding tert-OH is 1. The second kappa shape index (κ2) is 5.30. The van der Waals surface area contributed by atoms with Crippen LogP contribution in [0.3, 0.4) is 0 Å². The van der Waals surface area contributed by atoms with Gasteiger partial charge in [-0.2, -0.15) is 0 Å². The minimum atomic E-state index is -0.0309. The van der Waals surface area contributed by atoms with Gasteiger partial charge in [-0.05, 0) is 95.2 Å². The summed E-state index contributed by atoms with van der Waals surface area (Å²) in [6.07, 6.45) is 6.47. The normalized spacial score (nSPS) is 36.7.